The quantitative estimate of drug-likeness (QED) is 0.491. The van der Waals surface area contributed by atoms with Crippen LogP contribution in [0, 0.1) is 5.82 Å². The number of halogens is 1. The van der Waals surface area contributed by atoms with Crippen molar-refractivity contribution >= 4 is 5.96 Å². The Bertz CT molecular complexity index is 401. The molecule has 0 aromatic heterocycles. The third-order valence-electron chi connectivity index (χ3n) is 2.29. The molecule has 1 aromatic carbocycles. The molecule has 0 saturated carbocycles. The molecule has 4 heteroatoms. The van der Waals surface area contributed by atoms with Gasteiger partial charge in [0.05, 0.1) is 0 Å². The molecule has 0 amide bonds. The highest BCUT2D eigenvalue weighted by Gasteiger charge is 2.05. The summed E-state index contributed by atoms with van der Waals surface area (Å²) >= 11 is 0. The van der Waals surface area contributed by atoms with E-state index in [1.165, 1.54) is 12.1 Å². The largest absolute Gasteiger partial charge is 0.353 e. The van der Waals surface area contributed by atoms with Gasteiger partial charge in [0.15, 0.2) is 5.96 Å². The van der Waals surface area contributed by atoms with Crippen molar-refractivity contribution in [1.29, 1.82) is 0 Å². The first kappa shape index (κ1) is 13.2. The van der Waals surface area contributed by atoms with Crippen molar-refractivity contribution in [2.24, 2.45) is 4.99 Å². The highest BCUT2D eigenvalue weighted by atomic mass is 19.1. The first-order valence-corrected chi connectivity index (χ1v) is 5.44. The molecule has 1 rings (SSSR count). The summed E-state index contributed by atoms with van der Waals surface area (Å²) in [6.07, 6.45) is 1.77. The predicted octanol–water partition coefficient (Wildman–Crippen LogP) is 2.02. The molecule has 0 aliphatic heterocycles. The maximum Gasteiger partial charge on any atom is 0.193 e. The fourth-order valence-electron chi connectivity index (χ4n) is 1.53. The highest BCUT2D eigenvalue weighted by Crippen LogP contribution is 2.06. The van der Waals surface area contributed by atoms with Gasteiger partial charge in [-0.05, 0) is 17.7 Å². The van der Waals surface area contributed by atoms with Crippen LogP contribution in [-0.2, 0) is 6.54 Å². The van der Waals surface area contributed by atoms with Crippen LogP contribution in [0.15, 0.2) is 41.9 Å². The average Bonchev–Trinajstić information content (AvgIpc) is 2.30. The molecule has 0 heterocycles. The number of nitrogens with one attached hydrogen (secondary N) is 1. The van der Waals surface area contributed by atoms with Crippen molar-refractivity contribution in [2.45, 2.75) is 6.54 Å². The van der Waals surface area contributed by atoms with E-state index in [0.29, 0.717) is 13.1 Å². The molecule has 0 bridgehead atoms. The lowest BCUT2D eigenvalue weighted by atomic mass is 10.2. The van der Waals surface area contributed by atoms with E-state index in [1.54, 1.807) is 19.2 Å². The minimum atomic E-state index is -0.218. The molecular weight excluding hydrogens is 217 g/mol. The lowest BCUT2D eigenvalue weighted by Gasteiger charge is -2.21. The zero-order chi connectivity index (χ0) is 12.7. The Morgan fingerprint density at radius 1 is 1.59 bits per heavy atom. The van der Waals surface area contributed by atoms with Gasteiger partial charge < -0.3 is 10.2 Å². The molecule has 0 unspecified atom stereocenters. The predicted molar refractivity (Wildman–Crippen MR) is 69.4 cm³/mol. The second-order valence-electron chi connectivity index (χ2n) is 3.70. The van der Waals surface area contributed by atoms with Crippen LogP contribution in [0.4, 0.5) is 4.39 Å². The molecule has 0 radical (unpaired) electrons. The van der Waals surface area contributed by atoms with Crippen molar-refractivity contribution < 1.29 is 4.39 Å². The molecule has 0 saturated heterocycles. The maximum atomic E-state index is 13.0. The van der Waals surface area contributed by atoms with Crippen molar-refractivity contribution in [3.05, 3.63) is 48.3 Å². The van der Waals surface area contributed by atoms with Crippen molar-refractivity contribution in [2.75, 3.05) is 20.6 Å². The van der Waals surface area contributed by atoms with Crippen LogP contribution in [0.25, 0.3) is 0 Å². The van der Waals surface area contributed by atoms with E-state index in [4.69, 9.17) is 0 Å². The number of rotatable bonds is 4. The van der Waals surface area contributed by atoms with Crippen LogP contribution in [0.1, 0.15) is 5.56 Å². The molecule has 3 nitrogen and oxygen atoms in total. The third-order valence-corrected chi connectivity index (χ3v) is 2.29. The summed E-state index contributed by atoms with van der Waals surface area (Å²) in [5.74, 6) is 0.541. The van der Waals surface area contributed by atoms with Gasteiger partial charge in [-0.25, -0.2) is 4.39 Å². The van der Waals surface area contributed by atoms with Crippen molar-refractivity contribution in [3.63, 3.8) is 0 Å². The van der Waals surface area contributed by atoms with Gasteiger partial charge in [-0.2, -0.15) is 0 Å². The van der Waals surface area contributed by atoms with Crippen LogP contribution in [0.2, 0.25) is 0 Å². The van der Waals surface area contributed by atoms with E-state index < -0.39 is 0 Å². The highest BCUT2D eigenvalue weighted by molar-refractivity contribution is 5.79. The minimum Gasteiger partial charge on any atom is -0.353 e. The Morgan fingerprint density at radius 2 is 2.35 bits per heavy atom. The smallest absolute Gasteiger partial charge is 0.193 e. The summed E-state index contributed by atoms with van der Waals surface area (Å²) in [5, 5.41) is 3.12. The van der Waals surface area contributed by atoms with E-state index in [-0.39, 0.29) is 5.82 Å². The first-order chi connectivity index (χ1) is 8.17. The minimum absolute atomic E-state index is 0.218. The Balaban J connectivity index is 2.64. The molecule has 0 aliphatic carbocycles. The standard InChI is InChI=1S/C13H18FN3/c1-4-8-16-13(15-2)17(3)10-11-6-5-7-12(14)9-11/h4-7,9H,1,8,10H2,2-3H3,(H,15,16). The number of benzene rings is 1. The summed E-state index contributed by atoms with van der Waals surface area (Å²) in [7, 11) is 3.62. The fourth-order valence-corrected chi connectivity index (χ4v) is 1.53. The molecule has 0 atom stereocenters. The number of hydrogen-bond donors (Lipinski definition) is 1. The molecule has 17 heavy (non-hydrogen) atoms. The summed E-state index contributed by atoms with van der Waals surface area (Å²) in [6, 6.07) is 6.56. The SMILES string of the molecule is C=CCNC(=NC)N(C)Cc1cccc(F)c1. The van der Waals surface area contributed by atoms with Gasteiger partial charge in [0.1, 0.15) is 5.82 Å². The van der Waals surface area contributed by atoms with Crippen LogP contribution < -0.4 is 5.32 Å². The maximum absolute atomic E-state index is 13.0. The zero-order valence-electron chi connectivity index (χ0n) is 10.3. The Kier molecular flexibility index (Phi) is 5.20. The Labute approximate surface area is 102 Å². The van der Waals surface area contributed by atoms with E-state index in [2.05, 4.69) is 16.9 Å². The molecule has 1 aromatic rings. The van der Waals surface area contributed by atoms with Gasteiger partial charge >= 0.3 is 0 Å². The summed E-state index contributed by atoms with van der Waals surface area (Å²) in [4.78, 5) is 6.06. The van der Waals surface area contributed by atoms with Crippen molar-refractivity contribution in [1.82, 2.24) is 10.2 Å². The Hall–Kier alpha value is -1.84. The monoisotopic (exact) mass is 235 g/mol. The molecule has 0 spiro atoms. The second-order valence-corrected chi connectivity index (χ2v) is 3.70. The van der Waals surface area contributed by atoms with E-state index in [0.717, 1.165) is 11.5 Å². The fraction of sp³-hybridized carbons (Fsp3) is 0.308. The Morgan fingerprint density at radius 3 is 2.94 bits per heavy atom. The summed E-state index contributed by atoms with van der Waals surface area (Å²) in [5.41, 5.74) is 0.911. The van der Waals surface area contributed by atoms with Crippen LogP contribution in [0.5, 0.6) is 0 Å². The zero-order valence-corrected chi connectivity index (χ0v) is 10.3. The molecule has 1 N–H and O–H groups in total. The summed E-state index contributed by atoms with van der Waals surface area (Å²) < 4.78 is 13.0. The number of hydrogen-bond acceptors (Lipinski definition) is 1. The topological polar surface area (TPSA) is 27.6 Å². The van der Waals surface area contributed by atoms with Crippen LogP contribution in [-0.4, -0.2) is 31.5 Å². The molecule has 0 fully saturated rings. The van der Waals surface area contributed by atoms with Gasteiger partial charge in [0.2, 0.25) is 0 Å². The first-order valence-electron chi connectivity index (χ1n) is 5.44. The lowest BCUT2D eigenvalue weighted by molar-refractivity contribution is 0.478. The average molecular weight is 235 g/mol. The number of guanidine groups is 1. The van der Waals surface area contributed by atoms with Crippen LogP contribution >= 0.6 is 0 Å². The van der Waals surface area contributed by atoms with Crippen LogP contribution in [0.3, 0.4) is 0 Å². The number of aliphatic imine (C=N–C) groups is 1. The lowest BCUT2D eigenvalue weighted by Crippen LogP contribution is -2.38. The van der Waals surface area contributed by atoms with E-state index in [9.17, 15) is 4.39 Å². The molecule has 0 aliphatic rings. The van der Waals surface area contributed by atoms with Gasteiger partial charge in [-0.15, -0.1) is 6.58 Å². The van der Waals surface area contributed by atoms with Crippen molar-refractivity contribution in [3.8, 4) is 0 Å². The normalized spacial score (nSPS) is 11.1. The summed E-state index contributed by atoms with van der Waals surface area (Å²) in [6.45, 7) is 4.89. The van der Waals surface area contributed by atoms with Gasteiger partial charge in [0.25, 0.3) is 0 Å². The number of nitrogens with zero attached hydrogens (tertiary/aromatic N) is 2. The van der Waals surface area contributed by atoms with Gasteiger partial charge in [-0.3, -0.25) is 4.99 Å². The molecule has 92 valence electrons. The second kappa shape index (κ2) is 6.68. The van der Waals surface area contributed by atoms with Gasteiger partial charge in [-0.1, -0.05) is 18.2 Å². The van der Waals surface area contributed by atoms with E-state index in [1.807, 2.05) is 18.0 Å². The van der Waals surface area contributed by atoms with E-state index >= 15 is 0 Å². The molecular formula is C13H18FN3. The third kappa shape index (κ3) is 4.26. The van der Waals surface area contributed by atoms with Gasteiger partial charge in [0, 0.05) is 27.2 Å².